The Morgan fingerprint density at radius 3 is 2.11 bits per heavy atom. The number of hydrogen-bond donors (Lipinski definition) is 1. The number of nitrogens with one attached hydrogen (secondary N) is 1. The molecule has 198 valence electrons. The molecule has 2 rings (SSSR count). The van der Waals surface area contributed by atoms with Gasteiger partial charge in [-0.05, 0) is 74.6 Å². The average molecular weight is 557 g/mol. The maximum Gasteiger partial charge on any atom is 0.244 e. The lowest BCUT2D eigenvalue weighted by molar-refractivity contribution is -0.140. The van der Waals surface area contributed by atoms with Crippen LogP contribution >= 0.6 is 23.2 Å². The molecule has 0 aromatic heterocycles. The molecule has 0 heterocycles. The van der Waals surface area contributed by atoms with Crippen LogP contribution in [0.4, 0.5) is 5.69 Å². The van der Waals surface area contributed by atoms with Crippen molar-refractivity contribution in [3.05, 3.63) is 63.1 Å². The number of nitrogens with zero attached hydrogens (tertiary/aromatic N) is 2. The fourth-order valence-corrected chi connectivity index (χ4v) is 5.20. The summed E-state index contributed by atoms with van der Waals surface area (Å²) in [5.41, 5.74) is 2.73. The van der Waals surface area contributed by atoms with Crippen molar-refractivity contribution < 1.29 is 18.0 Å². The van der Waals surface area contributed by atoms with E-state index in [2.05, 4.69) is 5.32 Å². The number of benzene rings is 2. The van der Waals surface area contributed by atoms with Gasteiger partial charge in [0.05, 0.1) is 11.9 Å². The van der Waals surface area contributed by atoms with Gasteiger partial charge in [0.25, 0.3) is 0 Å². The van der Waals surface area contributed by atoms with Crippen molar-refractivity contribution in [2.45, 2.75) is 66.1 Å². The Labute approximate surface area is 224 Å². The number of amides is 2. The molecule has 2 aromatic rings. The fourth-order valence-electron chi connectivity index (χ4n) is 3.90. The Morgan fingerprint density at radius 2 is 1.61 bits per heavy atom. The number of sulfonamides is 1. The third-order valence-corrected chi connectivity index (χ3v) is 7.64. The van der Waals surface area contributed by atoms with Crippen LogP contribution in [0, 0.1) is 13.8 Å². The van der Waals surface area contributed by atoms with Gasteiger partial charge in [-0.25, -0.2) is 8.42 Å². The van der Waals surface area contributed by atoms with Crippen LogP contribution < -0.4 is 9.62 Å². The quantitative estimate of drug-likeness (QED) is 0.418. The highest BCUT2D eigenvalue weighted by atomic mass is 35.5. The van der Waals surface area contributed by atoms with E-state index in [9.17, 15) is 18.0 Å². The Balaban J connectivity index is 2.51. The zero-order chi connectivity index (χ0) is 27.2. The number of aryl methyl sites for hydroxylation is 2. The van der Waals surface area contributed by atoms with Crippen LogP contribution in [-0.2, 0) is 26.2 Å². The average Bonchev–Trinajstić information content (AvgIpc) is 2.76. The molecule has 0 aliphatic rings. The molecule has 2 atom stereocenters. The minimum atomic E-state index is -3.80. The van der Waals surface area contributed by atoms with Crippen molar-refractivity contribution >= 4 is 50.7 Å². The fraction of sp³-hybridized carbons (Fsp3) is 0.462. The molecule has 0 fully saturated rings. The van der Waals surface area contributed by atoms with E-state index in [0.717, 1.165) is 28.1 Å². The second-order valence-corrected chi connectivity index (χ2v) is 11.9. The maximum absolute atomic E-state index is 13.8. The first kappa shape index (κ1) is 29.9. The predicted octanol–water partition coefficient (Wildman–Crippen LogP) is 5.10. The molecule has 0 bridgehead atoms. The normalized spacial score (nSPS) is 13.1. The largest absolute Gasteiger partial charge is 0.352 e. The number of halogens is 2. The van der Waals surface area contributed by atoms with Crippen molar-refractivity contribution in [3.63, 3.8) is 0 Å². The Hall–Kier alpha value is -2.29. The van der Waals surface area contributed by atoms with E-state index in [4.69, 9.17) is 23.2 Å². The molecule has 10 heteroatoms. The lowest BCUT2D eigenvalue weighted by atomic mass is 10.1. The Morgan fingerprint density at radius 1 is 1.00 bits per heavy atom. The number of anilines is 1. The molecular formula is C26H35Cl2N3O4S. The highest BCUT2D eigenvalue weighted by molar-refractivity contribution is 7.92. The number of rotatable bonds is 11. The first-order chi connectivity index (χ1) is 16.8. The second kappa shape index (κ2) is 12.8. The van der Waals surface area contributed by atoms with Crippen molar-refractivity contribution in [3.8, 4) is 0 Å². The van der Waals surface area contributed by atoms with Gasteiger partial charge in [0, 0.05) is 22.6 Å². The zero-order valence-corrected chi connectivity index (χ0v) is 24.0. The number of carbonyl (C=O) groups excluding carboxylic acids is 2. The van der Waals surface area contributed by atoms with Gasteiger partial charge in [0.15, 0.2) is 0 Å². The summed E-state index contributed by atoms with van der Waals surface area (Å²) in [6, 6.07) is 9.38. The predicted molar refractivity (Wildman–Crippen MR) is 147 cm³/mol. The van der Waals surface area contributed by atoms with E-state index in [1.54, 1.807) is 30.3 Å². The lowest BCUT2D eigenvalue weighted by Gasteiger charge is -2.33. The smallest absolute Gasteiger partial charge is 0.244 e. The minimum absolute atomic E-state index is 0.0196. The van der Waals surface area contributed by atoms with Gasteiger partial charge in [-0.1, -0.05) is 49.2 Å². The van der Waals surface area contributed by atoms with Gasteiger partial charge < -0.3 is 10.2 Å². The van der Waals surface area contributed by atoms with Crippen LogP contribution in [0.2, 0.25) is 10.0 Å². The molecular weight excluding hydrogens is 521 g/mol. The zero-order valence-electron chi connectivity index (χ0n) is 21.6. The summed E-state index contributed by atoms with van der Waals surface area (Å²) in [5, 5.41) is 3.74. The third-order valence-electron chi connectivity index (χ3n) is 5.92. The molecule has 0 radical (unpaired) electrons. The summed E-state index contributed by atoms with van der Waals surface area (Å²) >= 11 is 12.4. The van der Waals surface area contributed by atoms with Gasteiger partial charge in [0.1, 0.15) is 12.6 Å². The molecule has 2 amide bonds. The van der Waals surface area contributed by atoms with Gasteiger partial charge in [-0.3, -0.25) is 13.9 Å². The summed E-state index contributed by atoms with van der Waals surface area (Å²) in [7, 11) is -3.80. The van der Waals surface area contributed by atoms with E-state index in [1.165, 1.54) is 4.90 Å². The molecule has 0 saturated heterocycles. The van der Waals surface area contributed by atoms with Crippen molar-refractivity contribution in [2.75, 3.05) is 17.1 Å². The highest BCUT2D eigenvalue weighted by Gasteiger charge is 2.32. The SMILES string of the molecule is CCC(C)NC(=O)C(CC)N(Cc1ccc(Cl)cc1Cl)C(=O)CN(c1cc(C)cc(C)c1)S(C)(=O)=O. The number of carbonyl (C=O) groups is 2. The summed E-state index contributed by atoms with van der Waals surface area (Å²) in [4.78, 5) is 28.3. The van der Waals surface area contributed by atoms with E-state index in [-0.39, 0.29) is 18.5 Å². The third kappa shape index (κ3) is 8.11. The molecule has 0 spiro atoms. The van der Waals surface area contributed by atoms with E-state index in [0.29, 0.717) is 27.7 Å². The molecule has 1 N–H and O–H groups in total. The summed E-state index contributed by atoms with van der Waals surface area (Å²) in [5.74, 6) is -0.820. The van der Waals surface area contributed by atoms with E-state index >= 15 is 0 Å². The molecule has 2 unspecified atom stereocenters. The topological polar surface area (TPSA) is 86.8 Å². The van der Waals surface area contributed by atoms with Gasteiger partial charge >= 0.3 is 0 Å². The Bertz CT molecular complexity index is 1180. The van der Waals surface area contributed by atoms with Crippen LogP contribution in [-0.4, -0.2) is 50.0 Å². The molecule has 0 aliphatic heterocycles. The first-order valence-electron chi connectivity index (χ1n) is 11.9. The van der Waals surface area contributed by atoms with Gasteiger partial charge in [-0.2, -0.15) is 0 Å². The standard InChI is InChI=1S/C26H35Cl2N3O4S/c1-7-19(5)29-26(33)24(8-2)30(15-20-9-10-21(27)14-23(20)28)25(32)16-31(36(6,34)35)22-12-17(3)11-18(4)13-22/h9-14,19,24H,7-8,15-16H2,1-6H3,(H,29,33). The molecule has 36 heavy (non-hydrogen) atoms. The molecule has 0 aliphatic carbocycles. The molecule has 2 aromatic carbocycles. The van der Waals surface area contributed by atoms with E-state index < -0.39 is 28.5 Å². The summed E-state index contributed by atoms with van der Waals surface area (Å²) < 4.78 is 26.6. The van der Waals surface area contributed by atoms with Crippen LogP contribution in [0.15, 0.2) is 36.4 Å². The van der Waals surface area contributed by atoms with Crippen molar-refractivity contribution in [2.24, 2.45) is 0 Å². The van der Waals surface area contributed by atoms with Crippen molar-refractivity contribution in [1.82, 2.24) is 10.2 Å². The van der Waals surface area contributed by atoms with Crippen molar-refractivity contribution in [1.29, 1.82) is 0 Å². The number of hydrogen-bond acceptors (Lipinski definition) is 4. The van der Waals surface area contributed by atoms with Crippen LogP contribution in [0.25, 0.3) is 0 Å². The molecule has 7 nitrogen and oxygen atoms in total. The van der Waals surface area contributed by atoms with E-state index in [1.807, 2.05) is 40.7 Å². The Kier molecular flexibility index (Phi) is 10.6. The highest BCUT2D eigenvalue weighted by Crippen LogP contribution is 2.25. The molecule has 0 saturated carbocycles. The summed E-state index contributed by atoms with van der Waals surface area (Å²) in [6.45, 7) is 8.93. The van der Waals surface area contributed by atoms with Crippen LogP contribution in [0.1, 0.15) is 50.3 Å². The second-order valence-electron chi connectivity index (χ2n) is 9.11. The summed E-state index contributed by atoms with van der Waals surface area (Å²) in [6.07, 6.45) is 2.13. The monoisotopic (exact) mass is 555 g/mol. The lowest BCUT2D eigenvalue weighted by Crippen LogP contribution is -2.53. The van der Waals surface area contributed by atoms with Crippen LogP contribution in [0.5, 0.6) is 0 Å². The maximum atomic E-state index is 13.8. The van der Waals surface area contributed by atoms with Gasteiger partial charge in [-0.15, -0.1) is 0 Å². The minimum Gasteiger partial charge on any atom is -0.352 e. The first-order valence-corrected chi connectivity index (χ1v) is 14.5. The van der Waals surface area contributed by atoms with Crippen LogP contribution in [0.3, 0.4) is 0 Å². The van der Waals surface area contributed by atoms with Gasteiger partial charge in [0.2, 0.25) is 21.8 Å².